The number of ether oxygens (including phenoxy) is 1. The number of aromatic nitrogens is 1. The van der Waals surface area contributed by atoms with Crippen LogP contribution in [-0.4, -0.2) is 11.3 Å². The minimum absolute atomic E-state index is 0.119. The highest BCUT2D eigenvalue weighted by atomic mass is 127. The molecule has 84 valence electrons. The molecule has 1 heterocycles. The molecule has 0 atom stereocenters. The lowest BCUT2D eigenvalue weighted by molar-refractivity contribution is -0.275. The second-order valence-corrected chi connectivity index (χ2v) is 3.72. The lowest BCUT2D eigenvalue weighted by Gasteiger charge is -2.13. The molecule has 0 aliphatic carbocycles. The Morgan fingerprint density at radius 2 is 2.07 bits per heavy atom. The van der Waals surface area contributed by atoms with Crippen LogP contribution in [0.15, 0.2) is 6.20 Å². The Balaban J connectivity index is 3.14. The second-order valence-electron chi connectivity index (χ2n) is 2.70. The molecule has 0 fully saturated rings. The summed E-state index contributed by atoms with van der Waals surface area (Å²) in [4.78, 5) is 3.67. The minimum atomic E-state index is -4.83. The normalized spacial score (nSPS) is 11.6. The van der Waals surface area contributed by atoms with Crippen molar-refractivity contribution in [3.8, 4) is 5.75 Å². The quantitative estimate of drug-likeness (QED) is 0.470. The van der Waals surface area contributed by atoms with Gasteiger partial charge < -0.3 is 4.74 Å². The van der Waals surface area contributed by atoms with Crippen molar-refractivity contribution >= 4 is 22.6 Å². The largest absolute Gasteiger partial charge is 0.573 e. The fourth-order valence-corrected chi connectivity index (χ4v) is 1.44. The van der Waals surface area contributed by atoms with Crippen molar-refractivity contribution in [2.75, 3.05) is 0 Å². The maximum absolute atomic E-state index is 12.5. The van der Waals surface area contributed by atoms with Crippen LogP contribution in [-0.2, 0) is 6.67 Å². The number of rotatable bonds is 2. The molecule has 15 heavy (non-hydrogen) atoms. The van der Waals surface area contributed by atoms with E-state index in [0.717, 1.165) is 6.20 Å². The molecule has 1 rings (SSSR count). The van der Waals surface area contributed by atoms with E-state index in [9.17, 15) is 17.6 Å². The first-order valence-corrected chi connectivity index (χ1v) is 4.88. The lowest BCUT2D eigenvalue weighted by atomic mass is 10.1. The van der Waals surface area contributed by atoms with Crippen molar-refractivity contribution in [2.24, 2.45) is 0 Å². The third kappa shape index (κ3) is 3.18. The van der Waals surface area contributed by atoms with Gasteiger partial charge in [-0.15, -0.1) is 13.2 Å². The van der Waals surface area contributed by atoms with Crippen LogP contribution in [0.2, 0.25) is 0 Å². The molecule has 0 saturated carbocycles. The number of nitrogens with zero attached hydrogens (tertiary/aromatic N) is 1. The zero-order chi connectivity index (χ0) is 11.6. The molecular formula is C8H6F4INO. The van der Waals surface area contributed by atoms with E-state index >= 15 is 0 Å². The van der Waals surface area contributed by atoms with E-state index in [2.05, 4.69) is 9.72 Å². The van der Waals surface area contributed by atoms with Gasteiger partial charge in [0.05, 0.1) is 6.20 Å². The van der Waals surface area contributed by atoms with Gasteiger partial charge in [-0.1, -0.05) is 0 Å². The van der Waals surface area contributed by atoms with E-state index in [4.69, 9.17) is 0 Å². The Morgan fingerprint density at radius 1 is 1.47 bits per heavy atom. The molecule has 1 aromatic rings. The zero-order valence-corrected chi connectivity index (χ0v) is 9.69. The van der Waals surface area contributed by atoms with Gasteiger partial charge in [0.1, 0.15) is 10.4 Å². The fraction of sp³-hybridized carbons (Fsp3) is 0.375. The number of hydrogen-bond acceptors (Lipinski definition) is 2. The molecule has 0 N–H and O–H groups in total. The van der Waals surface area contributed by atoms with Crippen LogP contribution in [0.1, 0.15) is 11.1 Å². The SMILES string of the molecule is Cc1c(I)ncc(OC(F)(F)F)c1CF. The number of pyridine rings is 1. The first-order valence-electron chi connectivity index (χ1n) is 3.81. The van der Waals surface area contributed by atoms with E-state index in [1.807, 2.05) is 22.6 Å². The maximum Gasteiger partial charge on any atom is 0.573 e. The van der Waals surface area contributed by atoms with Crippen molar-refractivity contribution in [1.29, 1.82) is 0 Å². The summed E-state index contributed by atoms with van der Waals surface area (Å²) in [5.74, 6) is -0.581. The molecule has 0 unspecified atom stereocenters. The van der Waals surface area contributed by atoms with E-state index in [0.29, 0.717) is 9.26 Å². The second kappa shape index (κ2) is 4.50. The third-order valence-corrected chi connectivity index (χ3v) is 2.80. The number of hydrogen-bond donors (Lipinski definition) is 0. The van der Waals surface area contributed by atoms with Gasteiger partial charge in [-0.3, -0.25) is 0 Å². The van der Waals surface area contributed by atoms with Gasteiger partial charge in [-0.25, -0.2) is 9.37 Å². The first kappa shape index (κ1) is 12.5. The van der Waals surface area contributed by atoms with Crippen molar-refractivity contribution in [2.45, 2.75) is 20.0 Å². The Bertz CT molecular complexity index is 366. The molecular weight excluding hydrogens is 329 g/mol. The highest BCUT2D eigenvalue weighted by Crippen LogP contribution is 2.29. The molecule has 0 aliphatic heterocycles. The summed E-state index contributed by atoms with van der Waals surface area (Å²) in [5, 5.41) is 0. The highest BCUT2D eigenvalue weighted by molar-refractivity contribution is 14.1. The predicted octanol–water partition coefficient (Wildman–Crippen LogP) is 3.36. The van der Waals surface area contributed by atoms with Crippen LogP contribution in [0, 0.1) is 10.6 Å². The molecule has 0 bridgehead atoms. The van der Waals surface area contributed by atoms with Gasteiger partial charge in [0.25, 0.3) is 0 Å². The summed E-state index contributed by atoms with van der Waals surface area (Å²) < 4.78 is 52.4. The summed E-state index contributed by atoms with van der Waals surface area (Å²) in [6, 6.07) is 0. The van der Waals surface area contributed by atoms with Crippen LogP contribution in [0.3, 0.4) is 0 Å². The molecule has 0 aliphatic rings. The van der Waals surface area contributed by atoms with E-state index in [1.54, 1.807) is 0 Å². The molecule has 0 spiro atoms. The topological polar surface area (TPSA) is 22.1 Å². The molecule has 0 amide bonds. The third-order valence-electron chi connectivity index (χ3n) is 1.71. The average Bonchev–Trinajstić information content (AvgIpc) is 2.10. The van der Waals surface area contributed by atoms with Crippen LogP contribution in [0.25, 0.3) is 0 Å². The number of halogens is 5. The summed E-state index contributed by atoms with van der Waals surface area (Å²) >= 11 is 1.81. The van der Waals surface area contributed by atoms with Gasteiger partial charge >= 0.3 is 6.36 Å². The number of alkyl halides is 4. The first-order chi connectivity index (χ1) is 6.85. The van der Waals surface area contributed by atoms with Crippen LogP contribution in [0.5, 0.6) is 5.75 Å². The smallest absolute Gasteiger partial charge is 0.404 e. The van der Waals surface area contributed by atoms with E-state index < -0.39 is 18.8 Å². The molecule has 0 saturated heterocycles. The lowest BCUT2D eigenvalue weighted by Crippen LogP contribution is -2.18. The fourth-order valence-electron chi connectivity index (χ4n) is 0.978. The summed E-state index contributed by atoms with van der Waals surface area (Å²) in [5.41, 5.74) is 0.242. The average molecular weight is 335 g/mol. The maximum atomic E-state index is 12.5. The summed E-state index contributed by atoms with van der Waals surface area (Å²) in [7, 11) is 0. The minimum Gasteiger partial charge on any atom is -0.404 e. The van der Waals surface area contributed by atoms with Crippen LogP contribution in [0.4, 0.5) is 17.6 Å². The molecule has 0 aromatic carbocycles. The van der Waals surface area contributed by atoms with Crippen molar-refractivity contribution in [3.63, 3.8) is 0 Å². The van der Waals surface area contributed by atoms with E-state index in [1.165, 1.54) is 6.92 Å². The van der Waals surface area contributed by atoms with Gasteiger partial charge in [0.2, 0.25) is 0 Å². The zero-order valence-electron chi connectivity index (χ0n) is 7.53. The Kier molecular flexibility index (Phi) is 3.74. The monoisotopic (exact) mass is 335 g/mol. The van der Waals surface area contributed by atoms with Crippen LogP contribution >= 0.6 is 22.6 Å². The van der Waals surface area contributed by atoms with Crippen molar-refractivity contribution < 1.29 is 22.3 Å². The van der Waals surface area contributed by atoms with Crippen molar-refractivity contribution in [3.05, 3.63) is 21.0 Å². The van der Waals surface area contributed by atoms with Crippen molar-refractivity contribution in [1.82, 2.24) is 4.98 Å². The van der Waals surface area contributed by atoms with Gasteiger partial charge in [0.15, 0.2) is 5.75 Å². The van der Waals surface area contributed by atoms with Crippen LogP contribution < -0.4 is 4.74 Å². The predicted molar refractivity (Wildman–Crippen MR) is 53.2 cm³/mol. The molecule has 0 radical (unpaired) electrons. The highest BCUT2D eigenvalue weighted by Gasteiger charge is 2.32. The molecule has 2 nitrogen and oxygen atoms in total. The van der Waals surface area contributed by atoms with Gasteiger partial charge in [0, 0.05) is 5.56 Å². The Labute approximate surface area is 96.8 Å². The summed E-state index contributed by atoms with van der Waals surface area (Å²) in [6.45, 7) is 0.475. The van der Waals surface area contributed by atoms with Gasteiger partial charge in [-0.05, 0) is 35.1 Å². The standard InChI is InChI=1S/C8H6F4INO/c1-4-5(2-9)6(3-14-7(4)13)15-8(10,11)12/h3H,2H2,1H3. The van der Waals surface area contributed by atoms with E-state index in [-0.39, 0.29) is 5.56 Å². The summed E-state index contributed by atoms with van der Waals surface area (Å²) in [6.07, 6.45) is -3.96. The van der Waals surface area contributed by atoms with Gasteiger partial charge in [-0.2, -0.15) is 0 Å². The molecule has 7 heteroatoms. The Hall–Kier alpha value is -0.600. The Morgan fingerprint density at radius 3 is 2.53 bits per heavy atom. The molecule has 1 aromatic heterocycles.